The van der Waals surface area contributed by atoms with Gasteiger partial charge in [-0.25, -0.2) is 24.0 Å². The largest absolute Gasteiger partial charge is 0.462 e. The van der Waals surface area contributed by atoms with Crippen LogP contribution >= 0.6 is 12.4 Å². The van der Waals surface area contributed by atoms with Crippen molar-refractivity contribution in [3.8, 4) is 23.0 Å². The van der Waals surface area contributed by atoms with Crippen LogP contribution in [0.5, 0.6) is 23.0 Å². The molecule has 0 saturated carbocycles. The average Bonchev–Trinajstić information content (AvgIpc) is 1.61. The number of alkyl halides is 9. The SMILES string of the molecule is CC(C)(C)OC(=O)N1CCN(c2cc3c(c(OC(F)F)c2)C(=O)N(C2CCC(=O)NC2=O)C3)CC1.CCOC(=O)c1c(C=O)cc(N2CCN(C(=O)OC(C)(C)C)CC2)cc1OC(F)F.CCOC(=O)c1c(CCC2CCC(=O)NC2=O)cc(N2CCN(C(=O)OC(C)(C)C)CC2)cc1OC(F)F.Cl.NC1CCC(=O)NC1=O.O=C1CCC(N2Cc3cc(N4CCNCC4)cc(OC(F)F)c3C2=O)C(=O)N1.[2H]CF. The van der Waals surface area contributed by atoms with Crippen molar-refractivity contribution >= 4 is 131 Å². The smallest absolute Gasteiger partial charge is 0.410 e. The third-order valence-corrected chi connectivity index (χ3v) is 23.1. The molecule has 0 aromatic heterocycles. The van der Waals surface area contributed by atoms with Crippen LogP contribution in [0, 0.1) is 5.92 Å². The fourth-order valence-electron chi connectivity index (χ4n) is 16.6. The number of rotatable bonds is 22. The number of hydrogen-bond acceptors (Lipinski definition) is 31. The predicted molar refractivity (Wildman–Crippen MR) is 496 cm³/mol. The Hall–Kier alpha value is -13.2. The van der Waals surface area contributed by atoms with Gasteiger partial charge in [0, 0.05) is 202 Å². The van der Waals surface area contributed by atoms with Crippen molar-refractivity contribution in [2.75, 3.05) is 145 Å². The number of esters is 2. The van der Waals surface area contributed by atoms with E-state index in [2.05, 4.69) is 36.1 Å². The number of piperazine rings is 4. The molecule has 0 aliphatic carbocycles. The lowest BCUT2D eigenvalue weighted by Gasteiger charge is -2.37. The molecule has 0 radical (unpaired) electrons. The fraction of sp³-hybridized carbons (Fsp3) is 0.570. The maximum absolute atomic E-state index is 13.4. The van der Waals surface area contributed by atoms with E-state index in [9.17, 15) is 116 Å². The first-order valence-electron chi connectivity index (χ1n) is 46.6. The van der Waals surface area contributed by atoms with E-state index in [1.807, 2.05) is 14.7 Å². The molecule has 8 saturated heterocycles. The van der Waals surface area contributed by atoms with Gasteiger partial charge in [0.25, 0.3) is 11.8 Å². The first-order chi connectivity index (χ1) is 67.4. The molecule has 4 aromatic rings. The quantitative estimate of drug-likeness (QED) is 0.0140. The van der Waals surface area contributed by atoms with E-state index in [0.29, 0.717) is 163 Å². The molecule has 14 rings (SSSR count). The summed E-state index contributed by atoms with van der Waals surface area (Å²) in [5.74, 6) is -7.72. The number of aldehydes is 1. The van der Waals surface area contributed by atoms with Crippen LogP contribution in [0.15, 0.2) is 48.5 Å². The van der Waals surface area contributed by atoms with Crippen LogP contribution in [0.1, 0.15) is 204 Å². The summed E-state index contributed by atoms with van der Waals surface area (Å²) in [7, 11) is -1.00. The predicted octanol–water partition coefficient (Wildman–Crippen LogP) is 9.16. The Labute approximate surface area is 825 Å². The minimum absolute atomic E-state index is 0. The van der Waals surface area contributed by atoms with Gasteiger partial charge in [-0.2, -0.15) is 35.1 Å². The number of benzene rings is 4. The Bertz CT molecular complexity index is 5300. The number of nitrogens with two attached hydrogens (primary N) is 1. The zero-order chi connectivity index (χ0) is 105. The number of hydrogen-bond donors (Lipinski definition) is 6. The number of nitrogens with one attached hydrogen (secondary N) is 5. The van der Waals surface area contributed by atoms with Gasteiger partial charge in [0.05, 0.1) is 38.9 Å². The summed E-state index contributed by atoms with van der Waals surface area (Å²) < 4.78 is 165. The molecule has 7 N–H and O–H groups in total. The molecule has 40 nitrogen and oxygen atoms in total. The van der Waals surface area contributed by atoms with Crippen molar-refractivity contribution < 1.29 is 160 Å². The van der Waals surface area contributed by atoms with Crippen LogP contribution in [-0.4, -0.2) is 307 Å². The maximum atomic E-state index is 13.4. The Kier molecular flexibility index (Phi) is 40.9. The molecule has 10 aliphatic rings. The van der Waals surface area contributed by atoms with E-state index in [1.165, 1.54) is 40.1 Å². The highest BCUT2D eigenvalue weighted by Crippen LogP contribution is 2.43. The molecule has 4 unspecified atom stereocenters. The number of piperidine rings is 4. The van der Waals surface area contributed by atoms with E-state index in [4.69, 9.17) is 40.3 Å². The molecular formula is C93H121ClF9N15O25. The number of halogens is 10. The normalized spacial score (nSPS) is 19.3. The highest BCUT2D eigenvalue weighted by Gasteiger charge is 2.45. The molecule has 8 fully saturated rings. The third-order valence-electron chi connectivity index (χ3n) is 23.1. The maximum Gasteiger partial charge on any atom is 0.410 e. The second kappa shape index (κ2) is 51.6. The van der Waals surface area contributed by atoms with Crippen molar-refractivity contribution in [1.82, 2.24) is 51.1 Å². The van der Waals surface area contributed by atoms with Crippen molar-refractivity contribution in [3.05, 3.63) is 93.0 Å². The highest BCUT2D eigenvalue weighted by atomic mass is 35.5. The van der Waals surface area contributed by atoms with E-state index in [1.54, 1.807) is 114 Å². The number of fused-ring (bicyclic) bond motifs is 2. The number of anilines is 4. The van der Waals surface area contributed by atoms with Gasteiger partial charge in [0.2, 0.25) is 47.3 Å². The molecule has 143 heavy (non-hydrogen) atoms. The highest BCUT2D eigenvalue weighted by molar-refractivity contribution is 6.09. The molecule has 0 bridgehead atoms. The molecule has 4 aromatic carbocycles. The van der Waals surface area contributed by atoms with Crippen molar-refractivity contribution in [2.24, 2.45) is 11.7 Å². The Balaban J connectivity index is 0.000000226. The van der Waals surface area contributed by atoms with Gasteiger partial charge in [-0.1, -0.05) is 0 Å². The number of imide groups is 4. The van der Waals surface area contributed by atoms with Crippen LogP contribution in [0.4, 0.5) is 76.6 Å². The van der Waals surface area contributed by atoms with Crippen molar-refractivity contribution in [1.29, 1.82) is 0 Å². The van der Waals surface area contributed by atoms with Crippen LogP contribution in [0.25, 0.3) is 0 Å². The van der Waals surface area contributed by atoms with Gasteiger partial charge in [0.1, 0.15) is 63.0 Å². The van der Waals surface area contributed by atoms with Crippen LogP contribution in [0.2, 0.25) is 0 Å². The zero-order valence-corrected chi connectivity index (χ0v) is 81.7. The topological polar surface area (TPSA) is 472 Å². The van der Waals surface area contributed by atoms with E-state index in [-0.39, 0.29) is 146 Å². The van der Waals surface area contributed by atoms with Crippen LogP contribution in [0.3, 0.4) is 0 Å². The summed E-state index contributed by atoms with van der Waals surface area (Å²) in [5, 5.41) is 12.1. The van der Waals surface area contributed by atoms with Crippen molar-refractivity contribution in [2.45, 2.75) is 215 Å². The molecule has 4 atom stereocenters. The summed E-state index contributed by atoms with van der Waals surface area (Å²) in [5.41, 5.74) is 6.53. The van der Waals surface area contributed by atoms with Crippen LogP contribution in [-0.2, 0) is 81.6 Å². The van der Waals surface area contributed by atoms with Gasteiger partial charge in [-0.3, -0.25) is 78.4 Å². The number of ether oxygens (including phenoxy) is 9. The van der Waals surface area contributed by atoms with E-state index >= 15 is 0 Å². The summed E-state index contributed by atoms with van der Waals surface area (Å²) in [6, 6.07) is 9.98. The number of carbonyl (C=O) groups excluding carboxylic acids is 16. The first kappa shape index (κ1) is 113. The van der Waals surface area contributed by atoms with Gasteiger partial charge in [0.15, 0.2) is 6.29 Å². The standard InChI is InChI=1S/C26H35F2N3O7.C23H28F2N4O6.C20H26F2N2O6.C18H20F2N4O4.C5H8N2O2.CH3F.ClH/c1-5-36-23(34)21-17(7-6-16-8-9-20(32)29-22(16)33)14-18(15-19(21)37-24(27)28)30-10-12-31(13-11-30)25(35)38-26(2,3)4;1-23(2,3)35-22(33)28-8-6-27(7-9-28)14-10-13-12-29(15-4-5-17(30)26-19(15)31)20(32)18(13)16(11-14)34-21(24)25;1-5-28-17(26)16-13(12-25)10-14(11-15(16)29-18(21)22)23-6-8-24(9-7-23)19(27)30-20(2,3)4;19-18(20)28-13-8-11(23-5-3-21-4-6-23)7-10-9-24(17(27)15(10)13)12-1-2-14(25)22-16(12)26;6-3-1-2-4(8)7-5(3)9;1-2;/h14-16,24H,5-13H2,1-4H3,(H,29,32,33);10-11,15,21H,4-9,12H2,1-3H3,(H,26,30,31);10-12,18H,5-9H2,1-4H3;7-8,12,18,21H,1-6,9H2,(H,22,25,26);3H,1-2,6H2,(H,7,8,9);1H3;1H/i;;;;;1D;. The number of carbonyl (C=O) groups is 16. The summed E-state index contributed by atoms with van der Waals surface area (Å²) in [6.45, 7) is 14.3. The lowest BCUT2D eigenvalue weighted by molar-refractivity contribution is -0.138. The summed E-state index contributed by atoms with van der Waals surface area (Å²) in [6.07, 6.45) is 1.62. The minimum Gasteiger partial charge on any atom is -0.462 e. The van der Waals surface area contributed by atoms with E-state index in [0.717, 1.165) is 13.1 Å². The monoisotopic (exact) mass is 2050 g/mol. The average molecular weight is 2060 g/mol. The van der Waals surface area contributed by atoms with Gasteiger partial charge in [-0.15, -0.1) is 12.4 Å². The van der Waals surface area contributed by atoms with Gasteiger partial charge in [-0.05, 0) is 156 Å². The second-order valence-corrected chi connectivity index (χ2v) is 36.6. The Morgan fingerprint density at radius 2 is 0.762 bits per heavy atom. The fourth-order valence-corrected chi connectivity index (χ4v) is 16.6. The Morgan fingerprint density at radius 1 is 0.441 bits per heavy atom. The first-order valence-corrected chi connectivity index (χ1v) is 45.9. The second-order valence-electron chi connectivity index (χ2n) is 36.6. The summed E-state index contributed by atoms with van der Waals surface area (Å²) >= 11 is 0. The van der Waals surface area contributed by atoms with Crippen LogP contribution < -0.4 is 70.9 Å². The third kappa shape index (κ3) is 32.4. The lowest BCUT2D eigenvalue weighted by Crippen LogP contribution is -2.52. The molecular weight excluding hydrogens is 1930 g/mol. The molecule has 10 heterocycles. The van der Waals surface area contributed by atoms with E-state index < -0.39 is 146 Å². The Morgan fingerprint density at radius 3 is 1.10 bits per heavy atom. The number of amides is 13. The van der Waals surface area contributed by atoms with Gasteiger partial charge >= 0.3 is 56.7 Å². The zero-order valence-electron chi connectivity index (χ0n) is 81.9. The molecule has 10 aliphatic heterocycles. The summed E-state index contributed by atoms with van der Waals surface area (Å²) in [4.78, 5) is 207. The molecule has 788 valence electrons. The number of aryl methyl sites for hydroxylation is 1. The molecule has 13 amide bonds. The van der Waals surface area contributed by atoms with Gasteiger partial charge < -0.3 is 97.8 Å². The lowest BCUT2D eigenvalue weighted by atomic mass is 9.90. The molecule has 0 spiro atoms. The minimum atomic E-state index is -3.18. The van der Waals surface area contributed by atoms with Crippen molar-refractivity contribution in [3.63, 3.8) is 0 Å². The molecule has 50 heteroatoms. The number of nitrogens with zero attached hydrogens (tertiary/aromatic N) is 9.